The Morgan fingerprint density at radius 1 is 1.44 bits per heavy atom. The lowest BCUT2D eigenvalue weighted by atomic mass is 10.1. The second kappa shape index (κ2) is 4.53. The van der Waals surface area contributed by atoms with E-state index in [9.17, 15) is 4.39 Å². The van der Waals surface area contributed by atoms with Gasteiger partial charge in [0.15, 0.2) is 0 Å². The summed E-state index contributed by atoms with van der Waals surface area (Å²) in [7, 11) is 0. The predicted molar refractivity (Wildman–Crippen MR) is 67.2 cm³/mol. The first-order valence-electron chi connectivity index (χ1n) is 4.97. The van der Waals surface area contributed by atoms with Crippen LogP contribution in [0.15, 0.2) is 29.0 Å². The van der Waals surface area contributed by atoms with Crippen molar-refractivity contribution in [1.29, 1.82) is 0 Å². The molecule has 2 rings (SSSR count). The number of thiophene rings is 1. The number of hydrogen-bond donors (Lipinski definition) is 2. The third kappa shape index (κ3) is 2.33. The topological polar surface area (TPSA) is 38.0 Å². The minimum absolute atomic E-state index is 0.265. The first kappa shape index (κ1) is 11.0. The van der Waals surface area contributed by atoms with E-state index in [0.717, 1.165) is 5.69 Å². The highest BCUT2D eigenvalue weighted by molar-refractivity contribution is 7.07. The number of anilines is 2. The second-order valence-electron chi connectivity index (χ2n) is 3.67. The van der Waals surface area contributed by atoms with Crippen LogP contribution in [0.1, 0.15) is 11.1 Å². The normalized spacial score (nSPS) is 10.4. The van der Waals surface area contributed by atoms with Crippen LogP contribution in [0.5, 0.6) is 0 Å². The number of hydrogen-bond acceptors (Lipinski definition) is 3. The fourth-order valence-electron chi connectivity index (χ4n) is 1.44. The maximum atomic E-state index is 13.2. The van der Waals surface area contributed by atoms with E-state index in [1.807, 2.05) is 11.4 Å². The zero-order chi connectivity index (χ0) is 11.5. The fourth-order valence-corrected chi connectivity index (χ4v) is 2.11. The van der Waals surface area contributed by atoms with E-state index in [1.54, 1.807) is 24.3 Å². The SMILES string of the molecule is Cc1cc(NCc2ccsc2)c(N)cc1F. The van der Waals surface area contributed by atoms with E-state index in [1.165, 1.54) is 11.6 Å². The molecule has 0 unspecified atom stereocenters. The van der Waals surface area contributed by atoms with Gasteiger partial charge < -0.3 is 11.1 Å². The standard InChI is InChI=1S/C12H13FN2S/c1-8-4-12(11(14)5-10(8)13)15-6-9-2-3-16-7-9/h2-5,7,15H,6,14H2,1H3. The summed E-state index contributed by atoms with van der Waals surface area (Å²) in [6.07, 6.45) is 0. The summed E-state index contributed by atoms with van der Waals surface area (Å²) in [5.74, 6) is -0.265. The second-order valence-corrected chi connectivity index (χ2v) is 4.45. The van der Waals surface area contributed by atoms with Crippen LogP contribution in [0.25, 0.3) is 0 Å². The van der Waals surface area contributed by atoms with Crippen LogP contribution in [-0.4, -0.2) is 0 Å². The summed E-state index contributed by atoms with van der Waals surface area (Å²) in [4.78, 5) is 0. The summed E-state index contributed by atoms with van der Waals surface area (Å²) in [6.45, 7) is 2.43. The molecule has 0 bridgehead atoms. The predicted octanol–water partition coefficient (Wildman–Crippen LogP) is 3.39. The van der Waals surface area contributed by atoms with Gasteiger partial charge in [0.2, 0.25) is 0 Å². The molecule has 0 radical (unpaired) electrons. The van der Waals surface area contributed by atoms with E-state index in [2.05, 4.69) is 10.7 Å². The fraction of sp³-hybridized carbons (Fsp3) is 0.167. The quantitative estimate of drug-likeness (QED) is 0.802. The molecule has 3 N–H and O–H groups in total. The van der Waals surface area contributed by atoms with Gasteiger partial charge in [-0.1, -0.05) is 0 Å². The largest absolute Gasteiger partial charge is 0.397 e. The lowest BCUT2D eigenvalue weighted by Crippen LogP contribution is -2.03. The molecule has 84 valence electrons. The third-order valence-corrected chi connectivity index (χ3v) is 3.13. The van der Waals surface area contributed by atoms with E-state index < -0.39 is 0 Å². The molecule has 0 aliphatic heterocycles. The molecule has 0 spiro atoms. The molecule has 0 aliphatic carbocycles. The van der Waals surface area contributed by atoms with Crippen molar-refractivity contribution in [1.82, 2.24) is 0 Å². The minimum atomic E-state index is -0.265. The number of benzene rings is 1. The highest BCUT2D eigenvalue weighted by atomic mass is 32.1. The molecule has 0 amide bonds. The van der Waals surface area contributed by atoms with Gasteiger partial charge in [0.05, 0.1) is 11.4 Å². The van der Waals surface area contributed by atoms with Gasteiger partial charge in [0.25, 0.3) is 0 Å². The number of nitrogens with two attached hydrogens (primary N) is 1. The number of rotatable bonds is 3. The van der Waals surface area contributed by atoms with Crippen LogP contribution in [0, 0.1) is 12.7 Å². The van der Waals surface area contributed by atoms with Crippen molar-refractivity contribution in [3.63, 3.8) is 0 Å². The number of nitrogens with one attached hydrogen (secondary N) is 1. The molecule has 4 heteroatoms. The molecule has 0 saturated heterocycles. The molecule has 16 heavy (non-hydrogen) atoms. The smallest absolute Gasteiger partial charge is 0.128 e. The van der Waals surface area contributed by atoms with Gasteiger partial charge in [-0.25, -0.2) is 4.39 Å². The van der Waals surface area contributed by atoms with Crippen LogP contribution >= 0.6 is 11.3 Å². The average molecular weight is 236 g/mol. The van der Waals surface area contributed by atoms with Gasteiger partial charge in [0.1, 0.15) is 5.82 Å². The van der Waals surface area contributed by atoms with Gasteiger partial charge in [-0.15, -0.1) is 0 Å². The Bertz CT molecular complexity index is 480. The lowest BCUT2D eigenvalue weighted by molar-refractivity contribution is 0.619. The van der Waals surface area contributed by atoms with E-state index >= 15 is 0 Å². The van der Waals surface area contributed by atoms with Gasteiger partial charge in [-0.2, -0.15) is 11.3 Å². The monoisotopic (exact) mass is 236 g/mol. The van der Waals surface area contributed by atoms with Crippen molar-refractivity contribution in [2.45, 2.75) is 13.5 Å². The third-order valence-electron chi connectivity index (χ3n) is 2.39. The summed E-state index contributed by atoms with van der Waals surface area (Å²) >= 11 is 1.65. The first-order chi connectivity index (χ1) is 7.66. The number of halogens is 1. The van der Waals surface area contributed by atoms with Crippen LogP contribution in [0.4, 0.5) is 15.8 Å². The summed E-state index contributed by atoms with van der Waals surface area (Å²) in [5, 5.41) is 7.29. The molecule has 1 aromatic carbocycles. The van der Waals surface area contributed by atoms with Gasteiger partial charge in [-0.3, -0.25) is 0 Å². The zero-order valence-corrected chi connectivity index (χ0v) is 9.77. The Balaban J connectivity index is 2.12. The van der Waals surface area contributed by atoms with Crippen molar-refractivity contribution in [2.75, 3.05) is 11.1 Å². The van der Waals surface area contributed by atoms with Crippen LogP contribution in [0.3, 0.4) is 0 Å². The Kier molecular flexibility index (Phi) is 3.10. The maximum Gasteiger partial charge on any atom is 0.128 e. The molecule has 2 aromatic rings. The Morgan fingerprint density at radius 2 is 2.25 bits per heavy atom. The highest BCUT2D eigenvalue weighted by Gasteiger charge is 2.04. The number of aryl methyl sites for hydroxylation is 1. The molecule has 0 atom stereocenters. The maximum absolute atomic E-state index is 13.2. The molecular weight excluding hydrogens is 223 g/mol. The van der Waals surface area contributed by atoms with Crippen molar-refractivity contribution in [3.05, 3.63) is 45.9 Å². The first-order valence-corrected chi connectivity index (χ1v) is 5.91. The molecule has 1 heterocycles. The summed E-state index contributed by atoms with van der Waals surface area (Å²) < 4.78 is 13.2. The molecule has 0 saturated carbocycles. The molecular formula is C12H13FN2S. The van der Waals surface area contributed by atoms with Crippen molar-refractivity contribution >= 4 is 22.7 Å². The summed E-state index contributed by atoms with van der Waals surface area (Å²) in [5.41, 5.74) is 8.75. The van der Waals surface area contributed by atoms with Crippen LogP contribution < -0.4 is 11.1 Å². The molecule has 0 aliphatic rings. The van der Waals surface area contributed by atoms with Crippen LogP contribution in [-0.2, 0) is 6.54 Å². The number of nitrogen functional groups attached to an aromatic ring is 1. The van der Waals surface area contributed by atoms with E-state index in [0.29, 0.717) is 17.8 Å². The van der Waals surface area contributed by atoms with Crippen molar-refractivity contribution in [2.24, 2.45) is 0 Å². The van der Waals surface area contributed by atoms with Crippen LogP contribution in [0.2, 0.25) is 0 Å². The lowest BCUT2D eigenvalue weighted by Gasteiger charge is -2.10. The summed E-state index contributed by atoms with van der Waals surface area (Å²) in [6, 6.07) is 5.13. The average Bonchev–Trinajstić information content (AvgIpc) is 2.74. The molecule has 2 nitrogen and oxygen atoms in total. The molecule has 1 aromatic heterocycles. The van der Waals surface area contributed by atoms with Gasteiger partial charge in [-0.05, 0) is 47.0 Å². The minimum Gasteiger partial charge on any atom is -0.397 e. The highest BCUT2D eigenvalue weighted by Crippen LogP contribution is 2.23. The Hall–Kier alpha value is -1.55. The van der Waals surface area contributed by atoms with E-state index in [4.69, 9.17) is 5.73 Å². The van der Waals surface area contributed by atoms with Gasteiger partial charge >= 0.3 is 0 Å². The van der Waals surface area contributed by atoms with Crippen molar-refractivity contribution in [3.8, 4) is 0 Å². The molecule has 0 fully saturated rings. The Labute approximate surface area is 97.9 Å². The zero-order valence-electron chi connectivity index (χ0n) is 8.96. The Morgan fingerprint density at radius 3 is 2.94 bits per heavy atom. The van der Waals surface area contributed by atoms with Gasteiger partial charge in [0, 0.05) is 6.54 Å². The van der Waals surface area contributed by atoms with E-state index in [-0.39, 0.29) is 5.82 Å². The van der Waals surface area contributed by atoms with Crippen molar-refractivity contribution < 1.29 is 4.39 Å².